The lowest BCUT2D eigenvalue weighted by Gasteiger charge is -2.09. The molecular weight excluding hydrogens is 282 g/mol. The number of carbonyl (C=O) groups excluding carboxylic acids is 1. The number of hydrogen-bond donors (Lipinski definition) is 3. The van der Waals surface area contributed by atoms with Crippen LogP contribution >= 0.6 is 0 Å². The van der Waals surface area contributed by atoms with Crippen molar-refractivity contribution in [1.82, 2.24) is 9.88 Å². The highest BCUT2D eigenvalue weighted by atomic mass is 16.5. The van der Waals surface area contributed by atoms with Gasteiger partial charge in [0.2, 0.25) is 0 Å². The summed E-state index contributed by atoms with van der Waals surface area (Å²) in [5.41, 5.74) is 1.88. The molecule has 0 saturated heterocycles. The van der Waals surface area contributed by atoms with Crippen molar-refractivity contribution in [1.29, 1.82) is 0 Å². The van der Waals surface area contributed by atoms with E-state index in [1.165, 1.54) is 0 Å². The number of aromatic nitrogens is 1. The fraction of sp³-hybridized carbons (Fsp3) is 0.438. The Morgan fingerprint density at radius 1 is 1.32 bits per heavy atom. The second kappa shape index (κ2) is 8.41. The predicted octanol–water partition coefficient (Wildman–Crippen LogP) is 2.18. The summed E-state index contributed by atoms with van der Waals surface area (Å²) >= 11 is 0. The fourth-order valence-corrected chi connectivity index (χ4v) is 2.26. The molecule has 2 amide bonds. The number of nitrogens with zero attached hydrogens (tertiary/aromatic N) is 1. The molecule has 1 aromatic heterocycles. The van der Waals surface area contributed by atoms with Crippen LogP contribution in [-0.2, 0) is 11.3 Å². The van der Waals surface area contributed by atoms with E-state index in [9.17, 15) is 4.79 Å². The van der Waals surface area contributed by atoms with Crippen molar-refractivity contribution in [2.75, 3.05) is 31.7 Å². The van der Waals surface area contributed by atoms with Crippen molar-refractivity contribution in [3.63, 3.8) is 0 Å². The molecular formula is C16H23N3O3. The van der Waals surface area contributed by atoms with Crippen molar-refractivity contribution in [3.8, 4) is 0 Å². The molecule has 0 atom stereocenters. The summed E-state index contributed by atoms with van der Waals surface area (Å²) in [5.74, 6) is 0. The van der Waals surface area contributed by atoms with Crippen LogP contribution in [0.2, 0.25) is 0 Å². The Morgan fingerprint density at radius 2 is 2.18 bits per heavy atom. The van der Waals surface area contributed by atoms with Crippen molar-refractivity contribution in [3.05, 3.63) is 30.5 Å². The first-order chi connectivity index (χ1) is 10.7. The average Bonchev–Trinajstić information content (AvgIpc) is 2.93. The van der Waals surface area contributed by atoms with Gasteiger partial charge < -0.3 is 25.0 Å². The Hall–Kier alpha value is -2.05. The van der Waals surface area contributed by atoms with E-state index in [2.05, 4.69) is 28.2 Å². The number of fused-ring (bicyclic) bond motifs is 1. The van der Waals surface area contributed by atoms with Gasteiger partial charge in [0.15, 0.2) is 0 Å². The first-order valence-corrected chi connectivity index (χ1v) is 7.57. The van der Waals surface area contributed by atoms with E-state index in [0.29, 0.717) is 26.2 Å². The van der Waals surface area contributed by atoms with Crippen LogP contribution in [-0.4, -0.2) is 42.1 Å². The van der Waals surface area contributed by atoms with Crippen LogP contribution in [0.4, 0.5) is 10.5 Å². The first kappa shape index (κ1) is 16.3. The van der Waals surface area contributed by atoms with Gasteiger partial charge in [-0.05, 0) is 36.9 Å². The highest BCUT2D eigenvalue weighted by molar-refractivity contribution is 5.92. The van der Waals surface area contributed by atoms with Crippen LogP contribution in [0.25, 0.3) is 10.9 Å². The number of aliphatic hydroxyl groups is 1. The number of carbonyl (C=O) groups is 1. The Labute approximate surface area is 130 Å². The monoisotopic (exact) mass is 305 g/mol. The van der Waals surface area contributed by atoms with Crippen LogP contribution in [0.1, 0.15) is 13.3 Å². The minimum Gasteiger partial charge on any atom is -0.394 e. The van der Waals surface area contributed by atoms with Gasteiger partial charge in [-0.1, -0.05) is 6.07 Å². The summed E-state index contributed by atoms with van der Waals surface area (Å²) in [6.45, 7) is 4.40. The lowest BCUT2D eigenvalue weighted by atomic mass is 10.2. The normalized spacial score (nSPS) is 10.8. The number of rotatable bonds is 8. The molecule has 0 spiro atoms. The third-order valence-electron chi connectivity index (χ3n) is 3.36. The highest BCUT2D eigenvalue weighted by Crippen LogP contribution is 2.20. The number of benzene rings is 1. The van der Waals surface area contributed by atoms with Gasteiger partial charge in [-0.3, -0.25) is 0 Å². The quantitative estimate of drug-likeness (QED) is 0.654. The predicted molar refractivity (Wildman–Crippen MR) is 87.2 cm³/mol. The molecule has 120 valence electrons. The van der Waals surface area contributed by atoms with Gasteiger partial charge in [0.05, 0.1) is 18.7 Å². The van der Waals surface area contributed by atoms with Crippen LogP contribution in [0.15, 0.2) is 30.5 Å². The number of aryl methyl sites for hydroxylation is 1. The molecule has 0 aliphatic rings. The molecule has 6 heteroatoms. The second-order valence-corrected chi connectivity index (χ2v) is 4.95. The van der Waals surface area contributed by atoms with E-state index in [1.54, 1.807) is 0 Å². The average molecular weight is 305 g/mol. The molecule has 0 fully saturated rings. The molecule has 0 saturated carbocycles. The zero-order chi connectivity index (χ0) is 15.8. The number of hydrogen-bond acceptors (Lipinski definition) is 3. The Balaban J connectivity index is 1.81. The standard InChI is InChI=1S/C16H23N3O3/c1-2-19-8-6-13-4-5-14(12-15(13)19)18-16(21)17-7-3-10-22-11-9-20/h4-6,8,12,20H,2-3,7,9-11H2,1H3,(H2,17,18,21). The number of aliphatic hydroxyl groups excluding tert-OH is 1. The second-order valence-electron chi connectivity index (χ2n) is 4.95. The number of urea groups is 1. The summed E-state index contributed by atoms with van der Waals surface area (Å²) < 4.78 is 7.26. The minimum atomic E-state index is -0.226. The maximum absolute atomic E-state index is 11.8. The van der Waals surface area contributed by atoms with Gasteiger partial charge >= 0.3 is 6.03 Å². The molecule has 1 heterocycles. The topological polar surface area (TPSA) is 75.5 Å². The number of ether oxygens (including phenoxy) is 1. The van der Waals surface area contributed by atoms with Crippen molar-refractivity contribution < 1.29 is 14.6 Å². The van der Waals surface area contributed by atoms with Crippen LogP contribution < -0.4 is 10.6 Å². The molecule has 3 N–H and O–H groups in total. The van der Waals surface area contributed by atoms with Gasteiger partial charge in [-0.15, -0.1) is 0 Å². The highest BCUT2D eigenvalue weighted by Gasteiger charge is 2.04. The maximum atomic E-state index is 11.8. The summed E-state index contributed by atoms with van der Waals surface area (Å²) in [5, 5.41) is 15.3. The Bertz CT molecular complexity index is 610. The molecule has 2 rings (SSSR count). The number of anilines is 1. The van der Waals surface area contributed by atoms with E-state index in [4.69, 9.17) is 9.84 Å². The van der Waals surface area contributed by atoms with Gasteiger partial charge in [0, 0.05) is 31.6 Å². The SMILES string of the molecule is CCn1ccc2ccc(NC(=O)NCCCOCCO)cc21. The van der Waals surface area contributed by atoms with Crippen molar-refractivity contribution >= 4 is 22.6 Å². The zero-order valence-corrected chi connectivity index (χ0v) is 12.8. The van der Waals surface area contributed by atoms with Crippen molar-refractivity contribution in [2.45, 2.75) is 19.9 Å². The van der Waals surface area contributed by atoms with Gasteiger partial charge in [0.25, 0.3) is 0 Å². The number of nitrogens with one attached hydrogen (secondary N) is 2. The lowest BCUT2D eigenvalue weighted by molar-refractivity contribution is 0.0910. The van der Waals surface area contributed by atoms with Crippen LogP contribution in [0, 0.1) is 0 Å². The van der Waals surface area contributed by atoms with Crippen molar-refractivity contribution in [2.24, 2.45) is 0 Å². The van der Waals surface area contributed by atoms with E-state index >= 15 is 0 Å². The number of amides is 2. The Kier molecular flexibility index (Phi) is 6.24. The van der Waals surface area contributed by atoms with Gasteiger partial charge in [0.1, 0.15) is 0 Å². The summed E-state index contributed by atoms with van der Waals surface area (Å²) in [4.78, 5) is 11.8. The minimum absolute atomic E-state index is 0.0237. The third-order valence-corrected chi connectivity index (χ3v) is 3.36. The molecule has 0 radical (unpaired) electrons. The Morgan fingerprint density at radius 3 is 2.95 bits per heavy atom. The fourth-order valence-electron chi connectivity index (χ4n) is 2.26. The molecule has 0 bridgehead atoms. The molecule has 0 unspecified atom stereocenters. The van der Waals surface area contributed by atoms with E-state index < -0.39 is 0 Å². The van der Waals surface area contributed by atoms with Crippen LogP contribution in [0.3, 0.4) is 0 Å². The van der Waals surface area contributed by atoms with E-state index in [0.717, 1.165) is 23.1 Å². The lowest BCUT2D eigenvalue weighted by Crippen LogP contribution is -2.30. The summed E-state index contributed by atoms with van der Waals surface area (Å²) in [6, 6.07) is 7.71. The molecule has 0 aliphatic heterocycles. The summed E-state index contributed by atoms with van der Waals surface area (Å²) in [7, 11) is 0. The molecule has 1 aromatic carbocycles. The zero-order valence-electron chi connectivity index (χ0n) is 12.8. The maximum Gasteiger partial charge on any atom is 0.319 e. The van der Waals surface area contributed by atoms with Gasteiger partial charge in [-0.25, -0.2) is 4.79 Å². The van der Waals surface area contributed by atoms with E-state index in [1.807, 2.05) is 24.4 Å². The largest absolute Gasteiger partial charge is 0.394 e. The van der Waals surface area contributed by atoms with E-state index in [-0.39, 0.29) is 12.6 Å². The molecule has 2 aromatic rings. The molecule has 6 nitrogen and oxygen atoms in total. The van der Waals surface area contributed by atoms with Crippen LogP contribution in [0.5, 0.6) is 0 Å². The molecule has 0 aliphatic carbocycles. The first-order valence-electron chi connectivity index (χ1n) is 7.57. The third kappa shape index (κ3) is 4.47. The smallest absolute Gasteiger partial charge is 0.319 e. The van der Waals surface area contributed by atoms with Gasteiger partial charge in [-0.2, -0.15) is 0 Å². The summed E-state index contributed by atoms with van der Waals surface area (Å²) in [6.07, 6.45) is 2.76. The molecule has 22 heavy (non-hydrogen) atoms.